The van der Waals surface area contributed by atoms with Crippen molar-refractivity contribution < 1.29 is 27.8 Å². The topological polar surface area (TPSA) is 83.8 Å². The third-order valence-electron chi connectivity index (χ3n) is 5.16. The molecule has 4 rings (SSSR count). The Balaban J connectivity index is 2.17. The number of carbonyl (C=O) groups is 1. The Morgan fingerprint density at radius 1 is 1.18 bits per heavy atom. The number of nitrogens with zero attached hydrogens (tertiary/aromatic N) is 2. The van der Waals surface area contributed by atoms with Crippen molar-refractivity contribution >= 4 is 22.6 Å². The van der Waals surface area contributed by atoms with E-state index < -0.39 is 46.0 Å². The van der Waals surface area contributed by atoms with Gasteiger partial charge in [-0.1, -0.05) is 0 Å². The van der Waals surface area contributed by atoms with Crippen molar-refractivity contribution in [2.75, 3.05) is 38.2 Å². The number of ether oxygens (including phenoxy) is 1. The lowest BCUT2D eigenvalue weighted by Gasteiger charge is -2.32. The fourth-order valence-corrected chi connectivity index (χ4v) is 3.74. The number of hydrogen-bond acceptors (Lipinski definition) is 5. The molecule has 1 saturated carbocycles. The quantitative estimate of drug-likeness (QED) is 0.767. The minimum Gasteiger partial charge on any atom is -0.492 e. The summed E-state index contributed by atoms with van der Waals surface area (Å²) in [6.07, 6.45) is 1.05. The van der Waals surface area contributed by atoms with E-state index in [0.29, 0.717) is 39.0 Å². The maximum Gasteiger partial charge on any atom is 0.344 e. The van der Waals surface area contributed by atoms with E-state index in [-0.39, 0.29) is 17.0 Å². The predicted molar refractivity (Wildman–Crippen MR) is 94.9 cm³/mol. The summed E-state index contributed by atoms with van der Waals surface area (Å²) in [5.41, 5.74) is -3.04. The van der Waals surface area contributed by atoms with Crippen LogP contribution in [0.5, 0.6) is 5.75 Å². The van der Waals surface area contributed by atoms with Crippen LogP contribution in [0, 0.1) is 17.6 Å². The molecule has 0 atom stereocenters. The van der Waals surface area contributed by atoms with Crippen molar-refractivity contribution in [3.63, 3.8) is 0 Å². The highest BCUT2D eigenvalue weighted by atomic mass is 19.2. The van der Waals surface area contributed by atoms with Crippen LogP contribution in [0.15, 0.2) is 4.79 Å². The van der Waals surface area contributed by atoms with Crippen LogP contribution in [-0.2, 0) is 0 Å². The van der Waals surface area contributed by atoms with Crippen LogP contribution in [0.3, 0.4) is 0 Å². The summed E-state index contributed by atoms with van der Waals surface area (Å²) in [6, 6.07) is -0.448. The molecule has 10 heteroatoms. The van der Waals surface area contributed by atoms with Crippen LogP contribution in [-0.4, -0.2) is 48.9 Å². The number of piperazine rings is 1. The van der Waals surface area contributed by atoms with Crippen molar-refractivity contribution in [2.24, 2.45) is 0 Å². The van der Waals surface area contributed by atoms with Gasteiger partial charge < -0.3 is 24.6 Å². The summed E-state index contributed by atoms with van der Waals surface area (Å²) < 4.78 is 51.4. The van der Waals surface area contributed by atoms with Crippen LogP contribution < -0.4 is 20.4 Å². The first-order valence-electron chi connectivity index (χ1n) is 8.90. The Kier molecular flexibility index (Phi) is 4.45. The van der Waals surface area contributed by atoms with Crippen molar-refractivity contribution in [3.05, 3.63) is 33.4 Å². The normalized spacial score (nSPS) is 17.2. The Labute approximate surface area is 157 Å². The Morgan fingerprint density at radius 3 is 2.36 bits per heavy atom. The number of aromatic nitrogens is 1. The third-order valence-corrected chi connectivity index (χ3v) is 5.16. The molecule has 1 saturated heterocycles. The molecule has 7 nitrogen and oxygen atoms in total. The molecule has 0 bridgehead atoms. The van der Waals surface area contributed by atoms with Crippen molar-refractivity contribution in [1.29, 1.82) is 0 Å². The number of rotatable bonds is 4. The number of nitrogens with one attached hydrogen (secondary N) is 1. The van der Waals surface area contributed by atoms with Gasteiger partial charge in [0.25, 0.3) is 0 Å². The molecular weight excluding hydrogens is 379 g/mol. The Morgan fingerprint density at radius 2 is 1.82 bits per heavy atom. The zero-order valence-corrected chi connectivity index (χ0v) is 15.0. The maximum atomic E-state index is 15.0. The standard InChI is InChI=1S/C18H18F3N3O4/c1-28-16-13-9(11(19)12(20)14(16)23-6-4-22-5-7-23)15(25)10(18(26)27)17(21)24(13)8-2-3-8/h8,22H,2-7H2,1H3,(H,26,27). The number of carboxylic acids is 1. The lowest BCUT2D eigenvalue weighted by atomic mass is 10.1. The lowest BCUT2D eigenvalue weighted by molar-refractivity contribution is 0.0688. The van der Waals surface area contributed by atoms with E-state index in [1.54, 1.807) is 4.90 Å². The fraction of sp³-hybridized carbons (Fsp3) is 0.444. The van der Waals surface area contributed by atoms with Gasteiger partial charge in [-0.25, -0.2) is 13.6 Å². The van der Waals surface area contributed by atoms with E-state index in [1.165, 1.54) is 7.11 Å². The average molecular weight is 397 g/mol. The molecule has 0 amide bonds. The molecule has 2 heterocycles. The van der Waals surface area contributed by atoms with E-state index in [4.69, 9.17) is 4.74 Å². The number of hydrogen-bond donors (Lipinski definition) is 2. The molecule has 2 N–H and O–H groups in total. The maximum absolute atomic E-state index is 15.0. The summed E-state index contributed by atoms with van der Waals surface area (Å²) in [7, 11) is 1.22. The number of aromatic carboxylic acids is 1. The summed E-state index contributed by atoms with van der Waals surface area (Å²) in [4.78, 5) is 25.6. The molecule has 1 aliphatic carbocycles. The van der Waals surface area contributed by atoms with Crippen LogP contribution in [0.1, 0.15) is 29.2 Å². The fourth-order valence-electron chi connectivity index (χ4n) is 3.74. The molecule has 0 radical (unpaired) electrons. The van der Waals surface area contributed by atoms with Gasteiger partial charge in [0.1, 0.15) is 11.2 Å². The highest BCUT2D eigenvalue weighted by Crippen LogP contribution is 2.45. The Hall–Kier alpha value is -2.75. The molecule has 28 heavy (non-hydrogen) atoms. The highest BCUT2D eigenvalue weighted by Gasteiger charge is 2.37. The molecule has 0 spiro atoms. The van der Waals surface area contributed by atoms with Crippen LogP contribution in [0.2, 0.25) is 0 Å². The molecule has 1 aromatic heterocycles. The monoisotopic (exact) mass is 397 g/mol. The zero-order chi connectivity index (χ0) is 20.2. The molecule has 0 unspecified atom stereocenters. The third kappa shape index (κ3) is 2.62. The molecule has 2 aliphatic rings. The first-order valence-corrected chi connectivity index (χ1v) is 8.90. The van der Waals surface area contributed by atoms with Gasteiger partial charge in [-0.2, -0.15) is 4.39 Å². The van der Waals surface area contributed by atoms with E-state index >= 15 is 13.2 Å². The van der Waals surface area contributed by atoms with Crippen LogP contribution in [0.25, 0.3) is 10.9 Å². The molecule has 1 aromatic carbocycles. The molecule has 2 aromatic rings. The molecular formula is C18H18F3N3O4. The molecule has 1 aliphatic heterocycles. The molecule has 2 fully saturated rings. The van der Waals surface area contributed by atoms with E-state index in [9.17, 15) is 14.7 Å². The van der Waals surface area contributed by atoms with Gasteiger partial charge in [0.05, 0.1) is 12.5 Å². The first-order chi connectivity index (χ1) is 13.4. The second-order valence-corrected chi connectivity index (χ2v) is 6.87. The lowest BCUT2D eigenvalue weighted by Crippen LogP contribution is -2.44. The number of anilines is 1. The van der Waals surface area contributed by atoms with Crippen LogP contribution >= 0.6 is 0 Å². The smallest absolute Gasteiger partial charge is 0.344 e. The first kappa shape index (κ1) is 18.6. The van der Waals surface area contributed by atoms with Gasteiger partial charge in [-0.15, -0.1) is 0 Å². The van der Waals surface area contributed by atoms with Gasteiger partial charge in [-0.3, -0.25) is 4.79 Å². The van der Waals surface area contributed by atoms with E-state index in [0.717, 1.165) is 4.57 Å². The van der Waals surface area contributed by atoms with Crippen molar-refractivity contribution in [2.45, 2.75) is 18.9 Å². The summed E-state index contributed by atoms with van der Waals surface area (Å²) in [5, 5.41) is 11.5. The van der Waals surface area contributed by atoms with E-state index in [2.05, 4.69) is 5.32 Å². The van der Waals surface area contributed by atoms with Crippen LogP contribution in [0.4, 0.5) is 18.9 Å². The number of carboxylic acid groups (broad SMARTS) is 1. The number of fused-ring (bicyclic) bond motifs is 1. The summed E-state index contributed by atoms with van der Waals surface area (Å²) >= 11 is 0. The number of benzene rings is 1. The van der Waals surface area contributed by atoms with Gasteiger partial charge >= 0.3 is 5.97 Å². The van der Waals surface area contributed by atoms with Gasteiger partial charge in [0.2, 0.25) is 11.4 Å². The van der Waals surface area contributed by atoms with Crippen molar-refractivity contribution in [1.82, 2.24) is 9.88 Å². The average Bonchev–Trinajstić information content (AvgIpc) is 3.49. The SMILES string of the molecule is COc1c(N2CCNCC2)c(F)c(F)c2c(=O)c(C(=O)O)c(F)n(C3CC3)c12. The largest absolute Gasteiger partial charge is 0.492 e. The number of pyridine rings is 1. The van der Waals surface area contributed by atoms with Crippen molar-refractivity contribution in [3.8, 4) is 5.75 Å². The second kappa shape index (κ2) is 6.69. The molecule has 150 valence electrons. The summed E-state index contributed by atoms with van der Waals surface area (Å²) in [5.74, 6) is -6.08. The minimum absolute atomic E-state index is 0.171. The van der Waals surface area contributed by atoms with Gasteiger partial charge in [-0.05, 0) is 12.8 Å². The number of halogens is 3. The minimum atomic E-state index is -1.83. The second-order valence-electron chi connectivity index (χ2n) is 6.87. The zero-order valence-electron chi connectivity index (χ0n) is 15.0. The van der Waals surface area contributed by atoms with Gasteiger partial charge in [0.15, 0.2) is 22.9 Å². The Bertz CT molecular complexity index is 1040. The van der Waals surface area contributed by atoms with E-state index in [1.807, 2.05) is 0 Å². The number of methoxy groups -OCH3 is 1. The highest BCUT2D eigenvalue weighted by molar-refractivity contribution is 5.97. The summed E-state index contributed by atoms with van der Waals surface area (Å²) in [6.45, 7) is 1.79. The van der Waals surface area contributed by atoms with Gasteiger partial charge in [0, 0.05) is 32.2 Å². The predicted octanol–water partition coefficient (Wildman–Crippen LogP) is 1.87.